The molecule has 0 radical (unpaired) electrons. The van der Waals surface area contributed by atoms with E-state index in [0.717, 1.165) is 18.2 Å². The Bertz CT molecular complexity index is 927. The maximum atomic E-state index is 11.6. The minimum absolute atomic E-state index is 0.219. The number of aromatic nitrogens is 4. The van der Waals surface area contributed by atoms with Crippen LogP contribution in [-0.2, 0) is 24.4 Å². The van der Waals surface area contributed by atoms with Gasteiger partial charge in [0, 0.05) is 18.3 Å². The molecular weight excluding hydrogens is 386 g/mol. The molecule has 0 aliphatic carbocycles. The van der Waals surface area contributed by atoms with E-state index in [1.807, 2.05) is 38.4 Å². The van der Waals surface area contributed by atoms with Gasteiger partial charge >= 0.3 is 6.09 Å². The fraction of sp³-hybridized carbons (Fsp3) is 0.550. The summed E-state index contributed by atoms with van der Waals surface area (Å²) in [6.07, 6.45) is 0.596. The van der Waals surface area contributed by atoms with Gasteiger partial charge in [0.1, 0.15) is 24.3 Å². The van der Waals surface area contributed by atoms with Crippen LogP contribution in [-0.4, -0.2) is 60.6 Å². The number of nitrogens with zero attached hydrogens (tertiary/aromatic N) is 7. The number of nitriles is 1. The van der Waals surface area contributed by atoms with Crippen molar-refractivity contribution >= 4 is 11.9 Å². The highest BCUT2D eigenvalue weighted by molar-refractivity contribution is 5.66. The summed E-state index contributed by atoms with van der Waals surface area (Å²) < 4.78 is 7.58. The largest absolute Gasteiger partial charge is 0.465 e. The first-order chi connectivity index (χ1) is 14.2. The van der Waals surface area contributed by atoms with Crippen LogP contribution in [0.4, 0.5) is 10.6 Å². The van der Waals surface area contributed by atoms with E-state index in [9.17, 15) is 9.90 Å². The number of amides is 1. The molecule has 160 valence electrons. The summed E-state index contributed by atoms with van der Waals surface area (Å²) in [5, 5.41) is 22.9. The summed E-state index contributed by atoms with van der Waals surface area (Å²) in [5.74, 6) is 2.19. The van der Waals surface area contributed by atoms with Crippen LogP contribution in [0.25, 0.3) is 0 Å². The summed E-state index contributed by atoms with van der Waals surface area (Å²) in [7, 11) is 0. The number of rotatable bonds is 6. The summed E-state index contributed by atoms with van der Waals surface area (Å²) in [5.41, 5.74) is 0.0176. The first kappa shape index (κ1) is 21.5. The highest BCUT2D eigenvalue weighted by Crippen LogP contribution is 2.19. The molecule has 0 fully saturated rings. The first-order valence-corrected chi connectivity index (χ1v) is 9.82. The minimum atomic E-state index is -0.967. The van der Waals surface area contributed by atoms with Crippen molar-refractivity contribution in [3.05, 3.63) is 35.5 Å². The third kappa shape index (κ3) is 4.86. The Labute approximate surface area is 175 Å². The third-order valence-corrected chi connectivity index (χ3v) is 4.87. The number of carbonyl (C=O) groups is 1. The predicted octanol–water partition coefficient (Wildman–Crippen LogP) is 2.25. The van der Waals surface area contributed by atoms with Crippen molar-refractivity contribution in [3.63, 3.8) is 0 Å². The molecular formula is C20H27N7O3. The van der Waals surface area contributed by atoms with Crippen LogP contribution in [0.2, 0.25) is 0 Å². The molecule has 0 unspecified atom stereocenters. The van der Waals surface area contributed by atoms with Crippen molar-refractivity contribution in [2.75, 3.05) is 18.1 Å². The highest BCUT2D eigenvalue weighted by atomic mass is 16.5. The summed E-state index contributed by atoms with van der Waals surface area (Å²) in [6.45, 7) is 9.87. The second kappa shape index (κ2) is 8.67. The Hall–Kier alpha value is -3.19. The fourth-order valence-corrected chi connectivity index (χ4v) is 3.62. The van der Waals surface area contributed by atoms with Crippen LogP contribution in [0.1, 0.15) is 44.9 Å². The van der Waals surface area contributed by atoms with Crippen LogP contribution < -0.4 is 4.90 Å². The van der Waals surface area contributed by atoms with Crippen LogP contribution >= 0.6 is 0 Å². The molecule has 1 amide bonds. The van der Waals surface area contributed by atoms with Gasteiger partial charge in [-0.15, -0.1) is 0 Å². The zero-order chi connectivity index (χ0) is 21.9. The Morgan fingerprint density at radius 2 is 2.17 bits per heavy atom. The smallest absolute Gasteiger partial charge is 0.408 e. The molecule has 1 aliphatic heterocycles. The van der Waals surface area contributed by atoms with E-state index in [0.29, 0.717) is 24.5 Å². The molecule has 2 aromatic heterocycles. The monoisotopic (exact) mass is 413 g/mol. The Morgan fingerprint density at radius 3 is 2.77 bits per heavy atom. The lowest BCUT2D eigenvalue weighted by Gasteiger charge is -2.37. The number of ether oxygens (including phenoxy) is 1. The average Bonchev–Trinajstić information content (AvgIpc) is 3.08. The van der Waals surface area contributed by atoms with E-state index in [1.54, 1.807) is 12.3 Å². The quantitative estimate of drug-likeness (QED) is 0.765. The van der Waals surface area contributed by atoms with E-state index in [-0.39, 0.29) is 19.3 Å². The second-order valence-electron chi connectivity index (χ2n) is 8.29. The van der Waals surface area contributed by atoms with Gasteiger partial charge in [-0.25, -0.2) is 19.4 Å². The molecule has 0 saturated carbocycles. The van der Waals surface area contributed by atoms with Gasteiger partial charge in [0.25, 0.3) is 0 Å². The zero-order valence-corrected chi connectivity index (χ0v) is 17.7. The van der Waals surface area contributed by atoms with Crippen molar-refractivity contribution in [2.45, 2.75) is 59.0 Å². The van der Waals surface area contributed by atoms with Crippen LogP contribution in [0.5, 0.6) is 0 Å². The average molecular weight is 413 g/mol. The Kier molecular flexibility index (Phi) is 6.22. The standard InChI is InChI=1S/C20H27N7O3/c1-14(27(19(28)29)20(2,3)4)12-30-13-16-23-18-11-25(7-8-26(18)24-16)17-6-5-15(9-21)10-22-17/h5-6,10,14H,7-8,11-13H2,1-4H3,(H,28,29)/t14-/m0/s1. The molecule has 10 nitrogen and oxygen atoms in total. The van der Waals surface area contributed by atoms with Gasteiger partial charge in [0.05, 0.1) is 31.3 Å². The van der Waals surface area contributed by atoms with Gasteiger partial charge in [-0.05, 0) is 39.8 Å². The molecule has 10 heteroatoms. The lowest BCUT2D eigenvalue weighted by atomic mass is 10.0. The van der Waals surface area contributed by atoms with Crippen LogP contribution in [0, 0.1) is 11.3 Å². The lowest BCUT2D eigenvalue weighted by molar-refractivity contribution is 0.0201. The van der Waals surface area contributed by atoms with Crippen molar-refractivity contribution in [3.8, 4) is 6.07 Å². The van der Waals surface area contributed by atoms with Gasteiger partial charge in [-0.2, -0.15) is 10.4 Å². The van der Waals surface area contributed by atoms with Crippen LogP contribution in [0.3, 0.4) is 0 Å². The van der Waals surface area contributed by atoms with Crippen molar-refractivity contribution < 1.29 is 14.6 Å². The van der Waals surface area contributed by atoms with E-state index in [1.165, 1.54) is 4.90 Å². The van der Waals surface area contributed by atoms with E-state index in [2.05, 4.69) is 26.0 Å². The van der Waals surface area contributed by atoms with Crippen molar-refractivity contribution in [2.24, 2.45) is 0 Å². The fourth-order valence-electron chi connectivity index (χ4n) is 3.62. The van der Waals surface area contributed by atoms with Gasteiger partial charge in [-0.1, -0.05) is 0 Å². The zero-order valence-electron chi connectivity index (χ0n) is 17.7. The van der Waals surface area contributed by atoms with Gasteiger partial charge in [0.2, 0.25) is 0 Å². The number of hydrogen-bond donors (Lipinski definition) is 1. The molecule has 0 bridgehead atoms. The molecule has 0 spiro atoms. The molecule has 30 heavy (non-hydrogen) atoms. The summed E-state index contributed by atoms with van der Waals surface area (Å²) >= 11 is 0. The molecule has 0 saturated heterocycles. The van der Waals surface area contributed by atoms with Crippen LogP contribution in [0.15, 0.2) is 18.3 Å². The van der Waals surface area contributed by atoms with Gasteiger partial charge < -0.3 is 14.7 Å². The highest BCUT2D eigenvalue weighted by Gasteiger charge is 2.31. The van der Waals surface area contributed by atoms with Crippen molar-refractivity contribution in [1.82, 2.24) is 24.6 Å². The number of anilines is 1. The Balaban J connectivity index is 1.57. The normalized spacial score (nSPS) is 14.7. The lowest BCUT2D eigenvalue weighted by Crippen LogP contribution is -2.51. The molecule has 3 rings (SSSR count). The third-order valence-electron chi connectivity index (χ3n) is 4.87. The molecule has 1 atom stereocenters. The van der Waals surface area contributed by atoms with Gasteiger partial charge in [-0.3, -0.25) is 4.90 Å². The predicted molar refractivity (Wildman–Crippen MR) is 109 cm³/mol. The maximum absolute atomic E-state index is 11.6. The Morgan fingerprint density at radius 1 is 1.40 bits per heavy atom. The molecule has 1 N–H and O–H groups in total. The van der Waals surface area contributed by atoms with E-state index >= 15 is 0 Å². The number of fused-ring (bicyclic) bond motifs is 1. The summed E-state index contributed by atoms with van der Waals surface area (Å²) in [6, 6.07) is 5.36. The summed E-state index contributed by atoms with van der Waals surface area (Å²) in [4.78, 5) is 23.9. The maximum Gasteiger partial charge on any atom is 0.408 e. The number of pyridine rings is 1. The van der Waals surface area contributed by atoms with Gasteiger partial charge in [0.15, 0.2) is 5.82 Å². The van der Waals surface area contributed by atoms with E-state index < -0.39 is 11.6 Å². The minimum Gasteiger partial charge on any atom is -0.465 e. The first-order valence-electron chi connectivity index (χ1n) is 9.82. The molecule has 0 aromatic carbocycles. The topological polar surface area (TPSA) is 120 Å². The van der Waals surface area contributed by atoms with Crippen molar-refractivity contribution in [1.29, 1.82) is 5.26 Å². The molecule has 3 heterocycles. The van der Waals surface area contributed by atoms with E-state index in [4.69, 9.17) is 10.00 Å². The molecule has 1 aliphatic rings. The molecule has 2 aromatic rings. The number of hydrogen-bond acceptors (Lipinski definition) is 7. The SMILES string of the molecule is C[C@@H](COCc1nc2n(n1)CCN(c1ccc(C#N)cn1)C2)N(C(=O)O)C(C)(C)C. The second-order valence-corrected chi connectivity index (χ2v) is 8.29. The number of carboxylic acid groups (broad SMARTS) is 1.